The summed E-state index contributed by atoms with van der Waals surface area (Å²) in [5, 5.41) is 9.01. The smallest absolute Gasteiger partial charge is 0.171 e. The molecule has 0 radical (unpaired) electrons. The molecular weight excluding hydrogens is 175 g/mol. The Balaban J connectivity index is 2.89. The van der Waals surface area contributed by atoms with Gasteiger partial charge in [-0.2, -0.15) is 0 Å². The van der Waals surface area contributed by atoms with Crippen LogP contribution in [-0.2, 0) is 0 Å². The van der Waals surface area contributed by atoms with E-state index in [9.17, 15) is 0 Å². The molecule has 1 unspecified atom stereocenters. The van der Waals surface area contributed by atoms with Crippen molar-refractivity contribution in [2.75, 3.05) is 0 Å². The highest BCUT2D eigenvalue weighted by Crippen LogP contribution is 2.13. The molecule has 0 aliphatic heterocycles. The first-order valence-electron chi connectivity index (χ1n) is 2.50. The molecule has 0 amide bonds. The lowest BCUT2D eigenvalue weighted by Gasteiger charge is -1.98. The predicted octanol–water partition coefficient (Wildman–Crippen LogP) is 1.36. The Bertz CT molecular complexity index is 211. The SMILES string of the molecule is OC(Cl)c1cnc(Cl)cn1. The third kappa shape index (κ3) is 1.80. The molecule has 54 valence electrons. The van der Waals surface area contributed by atoms with Gasteiger partial charge in [0, 0.05) is 0 Å². The fourth-order valence-corrected chi connectivity index (χ4v) is 0.656. The lowest BCUT2D eigenvalue weighted by atomic mass is 10.5. The Labute approximate surface area is 67.6 Å². The second kappa shape index (κ2) is 3.14. The summed E-state index contributed by atoms with van der Waals surface area (Å²) in [5.41, 5.74) is -0.809. The van der Waals surface area contributed by atoms with Gasteiger partial charge >= 0.3 is 0 Å². The van der Waals surface area contributed by atoms with Gasteiger partial charge in [-0.15, -0.1) is 0 Å². The van der Waals surface area contributed by atoms with E-state index < -0.39 is 5.56 Å². The molecular formula is C5H4Cl2N2O. The van der Waals surface area contributed by atoms with Crippen LogP contribution in [0, 0.1) is 0 Å². The largest absolute Gasteiger partial charge is 0.372 e. The molecule has 0 fully saturated rings. The first-order valence-corrected chi connectivity index (χ1v) is 3.31. The highest BCUT2D eigenvalue weighted by Gasteiger charge is 2.03. The molecule has 1 N–H and O–H groups in total. The standard InChI is InChI=1S/C5H4Cl2N2O/c6-4-2-8-3(1-9-4)5(7)10/h1-2,5,10H. The van der Waals surface area contributed by atoms with E-state index in [2.05, 4.69) is 9.97 Å². The summed E-state index contributed by atoms with van der Waals surface area (Å²) >= 11 is 10.7. The summed E-state index contributed by atoms with van der Waals surface area (Å²) in [6, 6.07) is 0. The summed E-state index contributed by atoms with van der Waals surface area (Å²) in [7, 11) is 0. The molecule has 1 atom stereocenters. The number of hydrogen-bond acceptors (Lipinski definition) is 3. The van der Waals surface area contributed by atoms with Gasteiger partial charge in [0.15, 0.2) is 5.56 Å². The second-order valence-corrected chi connectivity index (χ2v) is 2.40. The quantitative estimate of drug-likeness (QED) is 0.662. The molecule has 0 bridgehead atoms. The van der Waals surface area contributed by atoms with Crippen LogP contribution in [0.5, 0.6) is 0 Å². The van der Waals surface area contributed by atoms with E-state index in [-0.39, 0.29) is 5.15 Å². The van der Waals surface area contributed by atoms with Crippen molar-refractivity contribution in [1.82, 2.24) is 9.97 Å². The van der Waals surface area contributed by atoms with Gasteiger partial charge in [0.05, 0.1) is 12.4 Å². The van der Waals surface area contributed by atoms with Crippen molar-refractivity contribution < 1.29 is 5.11 Å². The summed E-state index contributed by atoms with van der Waals surface area (Å²) < 4.78 is 0. The van der Waals surface area contributed by atoms with Gasteiger partial charge in [0.25, 0.3) is 0 Å². The zero-order valence-corrected chi connectivity index (χ0v) is 6.34. The molecule has 10 heavy (non-hydrogen) atoms. The number of nitrogens with zero attached hydrogens (tertiary/aromatic N) is 2. The van der Waals surface area contributed by atoms with Crippen molar-refractivity contribution in [3.8, 4) is 0 Å². The normalized spacial score (nSPS) is 13.1. The van der Waals surface area contributed by atoms with E-state index in [1.165, 1.54) is 12.4 Å². The van der Waals surface area contributed by atoms with Crippen LogP contribution in [-0.4, -0.2) is 15.1 Å². The molecule has 0 saturated heterocycles. The Hall–Kier alpha value is -0.380. The maximum atomic E-state index is 8.73. The van der Waals surface area contributed by atoms with Gasteiger partial charge in [0.1, 0.15) is 10.8 Å². The van der Waals surface area contributed by atoms with Crippen LogP contribution in [0.3, 0.4) is 0 Å². The van der Waals surface area contributed by atoms with Crippen molar-refractivity contribution in [2.45, 2.75) is 5.56 Å². The fraction of sp³-hybridized carbons (Fsp3) is 0.200. The molecule has 1 heterocycles. The Kier molecular flexibility index (Phi) is 2.43. The number of halogens is 2. The third-order valence-electron chi connectivity index (χ3n) is 0.884. The molecule has 0 aliphatic carbocycles. The van der Waals surface area contributed by atoms with Crippen molar-refractivity contribution >= 4 is 23.2 Å². The molecule has 1 rings (SSSR count). The van der Waals surface area contributed by atoms with Crippen LogP contribution >= 0.6 is 23.2 Å². The minimum absolute atomic E-state index is 0.279. The van der Waals surface area contributed by atoms with Gasteiger partial charge in [-0.3, -0.25) is 4.98 Å². The van der Waals surface area contributed by atoms with Crippen molar-refractivity contribution in [3.63, 3.8) is 0 Å². The van der Waals surface area contributed by atoms with Crippen molar-refractivity contribution in [3.05, 3.63) is 23.2 Å². The average molecular weight is 179 g/mol. The van der Waals surface area contributed by atoms with E-state index in [1.54, 1.807) is 0 Å². The van der Waals surface area contributed by atoms with Crippen LogP contribution in [0.4, 0.5) is 0 Å². The van der Waals surface area contributed by atoms with Gasteiger partial charge in [0.2, 0.25) is 0 Å². The summed E-state index contributed by atoms with van der Waals surface area (Å²) in [6.45, 7) is 0. The molecule has 1 aromatic rings. The Morgan fingerprint density at radius 3 is 2.50 bits per heavy atom. The molecule has 0 spiro atoms. The maximum absolute atomic E-state index is 8.73. The molecule has 5 heteroatoms. The summed E-state index contributed by atoms with van der Waals surface area (Å²) in [5.74, 6) is 0. The van der Waals surface area contributed by atoms with Crippen molar-refractivity contribution in [1.29, 1.82) is 0 Å². The topological polar surface area (TPSA) is 46.0 Å². The zero-order chi connectivity index (χ0) is 7.56. The first-order chi connectivity index (χ1) is 4.70. The molecule has 0 aromatic carbocycles. The zero-order valence-electron chi connectivity index (χ0n) is 4.83. The van der Waals surface area contributed by atoms with Gasteiger partial charge in [-0.25, -0.2) is 4.98 Å². The minimum atomic E-state index is -1.11. The monoisotopic (exact) mass is 178 g/mol. The average Bonchev–Trinajstić information content (AvgIpc) is 1.88. The fourth-order valence-electron chi connectivity index (χ4n) is 0.445. The minimum Gasteiger partial charge on any atom is -0.372 e. The maximum Gasteiger partial charge on any atom is 0.171 e. The van der Waals surface area contributed by atoms with Gasteiger partial charge in [-0.05, 0) is 0 Å². The lowest BCUT2D eigenvalue weighted by molar-refractivity contribution is 0.257. The van der Waals surface area contributed by atoms with Gasteiger partial charge in [-0.1, -0.05) is 23.2 Å². The number of aliphatic hydroxyl groups is 1. The second-order valence-electron chi connectivity index (χ2n) is 1.60. The third-order valence-corrected chi connectivity index (χ3v) is 1.30. The number of aliphatic hydroxyl groups excluding tert-OH is 1. The van der Waals surface area contributed by atoms with E-state index in [0.29, 0.717) is 5.69 Å². The van der Waals surface area contributed by atoms with Crippen LogP contribution < -0.4 is 0 Å². The first kappa shape index (κ1) is 7.72. The molecule has 0 aliphatic rings. The van der Waals surface area contributed by atoms with Gasteiger partial charge < -0.3 is 5.11 Å². The highest BCUT2D eigenvalue weighted by molar-refractivity contribution is 6.29. The van der Waals surface area contributed by atoms with E-state index in [4.69, 9.17) is 28.3 Å². The number of alkyl halides is 1. The Morgan fingerprint density at radius 1 is 1.40 bits per heavy atom. The molecule has 0 saturated carbocycles. The van der Waals surface area contributed by atoms with E-state index >= 15 is 0 Å². The van der Waals surface area contributed by atoms with Crippen LogP contribution in [0.1, 0.15) is 11.3 Å². The molecule has 3 nitrogen and oxygen atoms in total. The predicted molar refractivity (Wildman–Crippen MR) is 37.9 cm³/mol. The number of hydrogen-bond donors (Lipinski definition) is 1. The summed E-state index contributed by atoms with van der Waals surface area (Å²) in [6.07, 6.45) is 2.64. The summed E-state index contributed by atoms with van der Waals surface area (Å²) in [4.78, 5) is 7.36. The van der Waals surface area contributed by atoms with Crippen molar-refractivity contribution in [2.24, 2.45) is 0 Å². The number of aromatic nitrogens is 2. The number of rotatable bonds is 1. The van der Waals surface area contributed by atoms with E-state index in [0.717, 1.165) is 0 Å². The van der Waals surface area contributed by atoms with Crippen LogP contribution in [0.25, 0.3) is 0 Å². The van der Waals surface area contributed by atoms with Crippen LogP contribution in [0.2, 0.25) is 5.15 Å². The highest BCUT2D eigenvalue weighted by atomic mass is 35.5. The van der Waals surface area contributed by atoms with Crippen LogP contribution in [0.15, 0.2) is 12.4 Å². The molecule has 1 aromatic heterocycles. The van der Waals surface area contributed by atoms with E-state index in [1.807, 2.05) is 0 Å². The lowest BCUT2D eigenvalue weighted by Crippen LogP contribution is -1.92. The Morgan fingerprint density at radius 2 is 2.10 bits per heavy atom.